The van der Waals surface area contributed by atoms with E-state index in [-0.39, 0.29) is 11.8 Å². The highest BCUT2D eigenvalue weighted by Crippen LogP contribution is 2.29. The van der Waals surface area contributed by atoms with Crippen LogP contribution in [0.4, 0.5) is 10.2 Å². The number of aromatic nitrogens is 1. The summed E-state index contributed by atoms with van der Waals surface area (Å²) in [6.07, 6.45) is 0. The number of phenolic OH excluding ortho intramolecular Hbond substituents is 1. The number of pyridine rings is 1. The minimum Gasteiger partial charge on any atom is -0.504 e. The molecule has 0 bridgehead atoms. The molecule has 1 unspecified atom stereocenters. The van der Waals surface area contributed by atoms with Crippen LogP contribution in [-0.2, 0) is 0 Å². The number of ether oxygens (including phenoxy) is 1. The molecule has 1 aromatic heterocycles. The van der Waals surface area contributed by atoms with Crippen molar-refractivity contribution in [3.63, 3.8) is 0 Å². The Bertz CT molecular complexity index is 575. The number of methoxy groups -OCH3 is 1. The summed E-state index contributed by atoms with van der Waals surface area (Å²) in [4.78, 5) is 3.74. The van der Waals surface area contributed by atoms with E-state index in [1.165, 1.54) is 13.2 Å². The van der Waals surface area contributed by atoms with Gasteiger partial charge < -0.3 is 15.2 Å². The standard InChI is InChI=1S/C14H15FN2O2/c1-9(16-14-5-3-4-13(15)17-14)10-6-7-11(18)12(8-10)19-2/h3-9,18H,1-2H3,(H,16,17). The van der Waals surface area contributed by atoms with Crippen molar-refractivity contribution in [1.29, 1.82) is 0 Å². The third-order valence-corrected chi connectivity index (χ3v) is 2.78. The number of anilines is 1. The molecule has 0 aliphatic heterocycles. The van der Waals surface area contributed by atoms with Gasteiger partial charge in [-0.3, -0.25) is 0 Å². The van der Waals surface area contributed by atoms with Crippen LogP contribution in [0.2, 0.25) is 0 Å². The molecule has 1 aromatic carbocycles. The topological polar surface area (TPSA) is 54.4 Å². The van der Waals surface area contributed by atoms with Gasteiger partial charge in [0.25, 0.3) is 0 Å². The molecule has 100 valence electrons. The maximum Gasteiger partial charge on any atom is 0.214 e. The second-order valence-electron chi connectivity index (χ2n) is 4.14. The lowest BCUT2D eigenvalue weighted by Crippen LogP contribution is -2.08. The third-order valence-electron chi connectivity index (χ3n) is 2.78. The van der Waals surface area contributed by atoms with E-state index in [1.54, 1.807) is 30.3 Å². The van der Waals surface area contributed by atoms with Gasteiger partial charge in [-0.25, -0.2) is 4.98 Å². The second-order valence-corrected chi connectivity index (χ2v) is 4.14. The van der Waals surface area contributed by atoms with Crippen molar-refractivity contribution in [2.45, 2.75) is 13.0 Å². The SMILES string of the molecule is COc1cc(C(C)Nc2cccc(F)n2)ccc1O. The normalized spacial score (nSPS) is 11.9. The lowest BCUT2D eigenvalue weighted by Gasteiger charge is -2.16. The van der Waals surface area contributed by atoms with Crippen molar-refractivity contribution in [2.24, 2.45) is 0 Å². The smallest absolute Gasteiger partial charge is 0.214 e. The molecular formula is C14H15FN2O2. The van der Waals surface area contributed by atoms with E-state index >= 15 is 0 Å². The van der Waals surface area contributed by atoms with Crippen LogP contribution in [0, 0.1) is 5.95 Å². The molecule has 0 spiro atoms. The van der Waals surface area contributed by atoms with Crippen molar-refractivity contribution >= 4 is 5.82 Å². The minimum absolute atomic E-state index is 0.0855. The van der Waals surface area contributed by atoms with Gasteiger partial charge in [0.2, 0.25) is 5.95 Å². The molecule has 2 rings (SSSR count). The third kappa shape index (κ3) is 3.13. The van der Waals surface area contributed by atoms with Gasteiger partial charge in [0.05, 0.1) is 13.2 Å². The quantitative estimate of drug-likeness (QED) is 0.831. The molecule has 2 N–H and O–H groups in total. The van der Waals surface area contributed by atoms with E-state index in [1.807, 2.05) is 6.92 Å². The molecule has 0 saturated heterocycles. The van der Waals surface area contributed by atoms with Crippen LogP contribution < -0.4 is 10.1 Å². The average Bonchev–Trinajstić information content (AvgIpc) is 2.39. The van der Waals surface area contributed by atoms with Crippen LogP contribution in [0.5, 0.6) is 11.5 Å². The van der Waals surface area contributed by atoms with E-state index in [4.69, 9.17) is 4.74 Å². The zero-order chi connectivity index (χ0) is 13.8. The van der Waals surface area contributed by atoms with E-state index < -0.39 is 5.95 Å². The molecule has 19 heavy (non-hydrogen) atoms. The number of aromatic hydroxyl groups is 1. The molecule has 2 aromatic rings. The van der Waals surface area contributed by atoms with Gasteiger partial charge in [0.1, 0.15) is 5.82 Å². The Morgan fingerprint density at radius 3 is 2.79 bits per heavy atom. The summed E-state index contributed by atoms with van der Waals surface area (Å²) in [5, 5.41) is 12.6. The Balaban J connectivity index is 2.18. The lowest BCUT2D eigenvalue weighted by molar-refractivity contribution is 0.373. The fraction of sp³-hybridized carbons (Fsp3) is 0.214. The van der Waals surface area contributed by atoms with Crippen LogP contribution in [0.25, 0.3) is 0 Å². The summed E-state index contributed by atoms with van der Waals surface area (Å²) >= 11 is 0. The van der Waals surface area contributed by atoms with Gasteiger partial charge in [-0.05, 0) is 36.8 Å². The molecule has 5 heteroatoms. The second kappa shape index (κ2) is 5.56. The fourth-order valence-corrected chi connectivity index (χ4v) is 1.76. The first kappa shape index (κ1) is 13.1. The molecule has 4 nitrogen and oxygen atoms in total. The first-order valence-corrected chi connectivity index (χ1v) is 5.86. The number of nitrogens with one attached hydrogen (secondary N) is 1. The molecule has 0 saturated carbocycles. The Hall–Kier alpha value is -2.30. The van der Waals surface area contributed by atoms with Crippen molar-refractivity contribution in [2.75, 3.05) is 12.4 Å². The monoisotopic (exact) mass is 262 g/mol. The maximum absolute atomic E-state index is 13.0. The van der Waals surface area contributed by atoms with Crippen LogP contribution in [0.15, 0.2) is 36.4 Å². The largest absolute Gasteiger partial charge is 0.504 e. The molecule has 1 atom stereocenters. The maximum atomic E-state index is 13.0. The van der Waals surface area contributed by atoms with Crippen molar-refractivity contribution < 1.29 is 14.2 Å². The molecular weight excluding hydrogens is 247 g/mol. The van der Waals surface area contributed by atoms with E-state index in [0.717, 1.165) is 5.56 Å². The number of hydrogen-bond acceptors (Lipinski definition) is 4. The van der Waals surface area contributed by atoms with Crippen LogP contribution >= 0.6 is 0 Å². The van der Waals surface area contributed by atoms with Gasteiger partial charge in [-0.2, -0.15) is 4.39 Å². The summed E-state index contributed by atoms with van der Waals surface area (Å²) in [5.74, 6) is 0.417. The summed E-state index contributed by atoms with van der Waals surface area (Å²) in [6.45, 7) is 1.92. The summed E-state index contributed by atoms with van der Waals surface area (Å²) < 4.78 is 18.0. The Labute approximate surface area is 110 Å². The molecule has 0 fully saturated rings. The number of halogens is 1. The molecule has 1 heterocycles. The van der Waals surface area contributed by atoms with Crippen molar-refractivity contribution in [3.05, 3.63) is 47.9 Å². The number of hydrogen-bond donors (Lipinski definition) is 2. The lowest BCUT2D eigenvalue weighted by atomic mass is 10.1. The number of phenols is 1. The summed E-state index contributed by atoms with van der Waals surface area (Å²) in [7, 11) is 1.49. The van der Waals surface area contributed by atoms with Gasteiger partial charge in [0.15, 0.2) is 11.5 Å². The van der Waals surface area contributed by atoms with Crippen molar-refractivity contribution in [1.82, 2.24) is 4.98 Å². The Morgan fingerprint density at radius 2 is 2.11 bits per heavy atom. The minimum atomic E-state index is -0.527. The van der Waals surface area contributed by atoms with Crippen LogP contribution in [-0.4, -0.2) is 17.2 Å². The van der Waals surface area contributed by atoms with Gasteiger partial charge in [-0.15, -0.1) is 0 Å². The highest BCUT2D eigenvalue weighted by atomic mass is 19.1. The zero-order valence-electron chi connectivity index (χ0n) is 10.7. The number of nitrogens with zero attached hydrogens (tertiary/aromatic N) is 1. The highest BCUT2D eigenvalue weighted by Gasteiger charge is 2.10. The van der Waals surface area contributed by atoms with Gasteiger partial charge in [0, 0.05) is 0 Å². The van der Waals surface area contributed by atoms with Crippen LogP contribution in [0.3, 0.4) is 0 Å². The van der Waals surface area contributed by atoms with Crippen molar-refractivity contribution in [3.8, 4) is 11.5 Å². The molecule has 0 radical (unpaired) electrons. The predicted molar refractivity (Wildman–Crippen MR) is 70.9 cm³/mol. The van der Waals surface area contributed by atoms with E-state index in [0.29, 0.717) is 11.6 Å². The van der Waals surface area contributed by atoms with E-state index in [2.05, 4.69) is 10.3 Å². The van der Waals surface area contributed by atoms with E-state index in [9.17, 15) is 9.50 Å². The average molecular weight is 262 g/mol. The molecule has 0 aliphatic rings. The molecule has 0 amide bonds. The van der Waals surface area contributed by atoms with Gasteiger partial charge in [-0.1, -0.05) is 12.1 Å². The zero-order valence-corrected chi connectivity index (χ0v) is 10.7. The summed E-state index contributed by atoms with van der Waals surface area (Å²) in [5.41, 5.74) is 0.903. The highest BCUT2D eigenvalue weighted by molar-refractivity contribution is 5.45. The fourth-order valence-electron chi connectivity index (χ4n) is 1.76. The first-order valence-electron chi connectivity index (χ1n) is 5.86. The predicted octanol–water partition coefficient (Wildman–Crippen LogP) is 3.11. The first-order chi connectivity index (χ1) is 9.10. The number of benzene rings is 1. The Kier molecular flexibility index (Phi) is 3.85. The number of rotatable bonds is 4. The Morgan fingerprint density at radius 1 is 1.32 bits per heavy atom. The van der Waals surface area contributed by atoms with Gasteiger partial charge >= 0.3 is 0 Å². The molecule has 0 aliphatic carbocycles. The van der Waals surface area contributed by atoms with Crippen LogP contribution in [0.1, 0.15) is 18.5 Å². The summed E-state index contributed by atoms with van der Waals surface area (Å²) in [6, 6.07) is 9.54.